The SMILES string of the molecule is CN/N=C(/CN)c1cc(-c2cncc(C(C)C)c2)ccc1C=O. The second-order valence-electron chi connectivity index (χ2n) is 5.57. The molecule has 5 heteroatoms. The minimum atomic E-state index is 0.245. The van der Waals surface area contributed by atoms with Gasteiger partial charge in [0.2, 0.25) is 0 Å². The molecule has 2 aromatic rings. The first-order valence-corrected chi connectivity index (χ1v) is 7.59. The second-order valence-corrected chi connectivity index (χ2v) is 5.57. The molecule has 120 valence electrons. The molecular formula is C18H22N4O. The lowest BCUT2D eigenvalue weighted by Crippen LogP contribution is -2.19. The summed E-state index contributed by atoms with van der Waals surface area (Å²) in [6.45, 7) is 4.51. The van der Waals surface area contributed by atoms with Gasteiger partial charge in [0, 0.05) is 42.7 Å². The molecule has 0 saturated carbocycles. The number of carbonyl (C=O) groups is 1. The molecule has 2 rings (SSSR count). The molecule has 5 nitrogen and oxygen atoms in total. The summed E-state index contributed by atoms with van der Waals surface area (Å²) in [6.07, 6.45) is 4.52. The maximum Gasteiger partial charge on any atom is 0.150 e. The highest BCUT2D eigenvalue weighted by atomic mass is 16.1. The van der Waals surface area contributed by atoms with Gasteiger partial charge in [-0.05, 0) is 29.2 Å². The Hall–Kier alpha value is -2.53. The monoisotopic (exact) mass is 310 g/mol. The number of carbonyl (C=O) groups excluding carboxylic acids is 1. The van der Waals surface area contributed by atoms with Crippen molar-refractivity contribution < 1.29 is 4.79 Å². The largest absolute Gasteiger partial charge is 0.325 e. The maximum atomic E-state index is 11.3. The van der Waals surface area contributed by atoms with Crippen LogP contribution in [0.5, 0.6) is 0 Å². The van der Waals surface area contributed by atoms with Gasteiger partial charge >= 0.3 is 0 Å². The van der Waals surface area contributed by atoms with Crippen LogP contribution in [0.2, 0.25) is 0 Å². The number of hydrogen-bond acceptors (Lipinski definition) is 5. The molecule has 0 amide bonds. The number of benzene rings is 1. The Labute approximate surface area is 136 Å². The summed E-state index contributed by atoms with van der Waals surface area (Å²) < 4.78 is 0. The Kier molecular flexibility index (Phi) is 5.60. The maximum absolute atomic E-state index is 11.3. The van der Waals surface area contributed by atoms with Gasteiger partial charge in [-0.25, -0.2) is 0 Å². The van der Waals surface area contributed by atoms with E-state index in [0.29, 0.717) is 17.2 Å². The van der Waals surface area contributed by atoms with E-state index in [1.165, 1.54) is 5.56 Å². The molecule has 0 aliphatic carbocycles. The predicted octanol–water partition coefficient (Wildman–Crippen LogP) is 2.57. The number of pyridine rings is 1. The number of nitrogens with zero attached hydrogens (tertiary/aromatic N) is 2. The summed E-state index contributed by atoms with van der Waals surface area (Å²) in [5, 5.41) is 4.17. The van der Waals surface area contributed by atoms with Crippen LogP contribution in [0, 0.1) is 0 Å². The molecule has 0 aliphatic rings. The molecule has 0 atom stereocenters. The van der Waals surface area contributed by atoms with E-state index in [4.69, 9.17) is 5.73 Å². The summed E-state index contributed by atoms with van der Waals surface area (Å²) in [4.78, 5) is 15.6. The normalized spacial score (nSPS) is 11.6. The minimum absolute atomic E-state index is 0.245. The number of aromatic nitrogens is 1. The highest BCUT2D eigenvalue weighted by Gasteiger charge is 2.11. The van der Waals surface area contributed by atoms with Crippen LogP contribution in [0.4, 0.5) is 0 Å². The molecule has 1 heterocycles. The molecule has 0 spiro atoms. The third kappa shape index (κ3) is 3.81. The summed E-state index contributed by atoms with van der Waals surface area (Å²) >= 11 is 0. The van der Waals surface area contributed by atoms with Gasteiger partial charge in [-0.2, -0.15) is 5.10 Å². The lowest BCUT2D eigenvalue weighted by atomic mass is 9.95. The summed E-state index contributed by atoms with van der Waals surface area (Å²) in [5.74, 6) is 0.404. The predicted molar refractivity (Wildman–Crippen MR) is 93.8 cm³/mol. The third-order valence-corrected chi connectivity index (χ3v) is 3.69. The van der Waals surface area contributed by atoms with Crippen molar-refractivity contribution in [1.82, 2.24) is 10.4 Å². The Balaban J connectivity index is 2.55. The third-order valence-electron chi connectivity index (χ3n) is 3.69. The standard InChI is InChI=1S/C18H22N4O/c1-12(2)15-6-16(10-21-9-15)13-4-5-14(11-23)17(7-13)18(8-19)22-20-3/h4-7,9-12,20H,8,19H2,1-3H3/b22-18-. The van der Waals surface area contributed by atoms with Crippen LogP contribution < -0.4 is 11.2 Å². The van der Waals surface area contributed by atoms with Gasteiger partial charge in [-0.3, -0.25) is 9.78 Å². The van der Waals surface area contributed by atoms with Gasteiger partial charge in [0.05, 0.1) is 5.71 Å². The first-order chi connectivity index (χ1) is 11.1. The Bertz CT molecular complexity index is 723. The van der Waals surface area contributed by atoms with Crippen molar-refractivity contribution in [2.75, 3.05) is 13.6 Å². The Morgan fingerprint density at radius 1 is 1.30 bits per heavy atom. The summed E-state index contributed by atoms with van der Waals surface area (Å²) in [5.41, 5.74) is 13.6. The Morgan fingerprint density at radius 3 is 2.70 bits per heavy atom. The first kappa shape index (κ1) is 16.8. The minimum Gasteiger partial charge on any atom is -0.325 e. The first-order valence-electron chi connectivity index (χ1n) is 7.59. The molecule has 3 N–H and O–H groups in total. The number of nitrogens with one attached hydrogen (secondary N) is 1. The zero-order chi connectivity index (χ0) is 16.8. The van der Waals surface area contributed by atoms with Gasteiger partial charge in [-0.15, -0.1) is 0 Å². The van der Waals surface area contributed by atoms with Crippen LogP contribution in [-0.2, 0) is 0 Å². The highest BCUT2D eigenvalue weighted by Crippen LogP contribution is 2.25. The van der Waals surface area contributed by atoms with Crippen molar-refractivity contribution in [2.24, 2.45) is 10.8 Å². The van der Waals surface area contributed by atoms with Crippen molar-refractivity contribution in [3.63, 3.8) is 0 Å². The fourth-order valence-corrected chi connectivity index (χ4v) is 2.37. The van der Waals surface area contributed by atoms with E-state index in [1.807, 2.05) is 24.5 Å². The van der Waals surface area contributed by atoms with E-state index in [2.05, 4.69) is 35.4 Å². The molecule has 0 fully saturated rings. The fraction of sp³-hybridized carbons (Fsp3) is 0.278. The van der Waals surface area contributed by atoms with Crippen LogP contribution in [-0.4, -0.2) is 30.6 Å². The topological polar surface area (TPSA) is 80.4 Å². The van der Waals surface area contributed by atoms with Crippen molar-refractivity contribution in [1.29, 1.82) is 0 Å². The van der Waals surface area contributed by atoms with Crippen molar-refractivity contribution in [2.45, 2.75) is 19.8 Å². The van der Waals surface area contributed by atoms with E-state index in [0.717, 1.165) is 23.0 Å². The molecular weight excluding hydrogens is 288 g/mol. The second kappa shape index (κ2) is 7.65. The zero-order valence-electron chi connectivity index (χ0n) is 13.7. The van der Waals surface area contributed by atoms with Gasteiger partial charge in [0.15, 0.2) is 6.29 Å². The van der Waals surface area contributed by atoms with Crippen LogP contribution >= 0.6 is 0 Å². The van der Waals surface area contributed by atoms with E-state index in [-0.39, 0.29) is 6.54 Å². The van der Waals surface area contributed by atoms with Gasteiger partial charge in [0.1, 0.15) is 0 Å². The smallest absolute Gasteiger partial charge is 0.150 e. The van der Waals surface area contributed by atoms with Crippen molar-refractivity contribution in [3.8, 4) is 11.1 Å². The summed E-state index contributed by atoms with van der Waals surface area (Å²) in [6, 6.07) is 7.77. The zero-order valence-corrected chi connectivity index (χ0v) is 13.7. The number of rotatable bonds is 6. The van der Waals surface area contributed by atoms with E-state index in [1.54, 1.807) is 13.1 Å². The lowest BCUT2D eigenvalue weighted by molar-refractivity contribution is 0.112. The Morgan fingerprint density at radius 2 is 2.09 bits per heavy atom. The number of hydrazone groups is 1. The van der Waals surface area contributed by atoms with E-state index in [9.17, 15) is 4.79 Å². The molecule has 1 aromatic heterocycles. The fourth-order valence-electron chi connectivity index (χ4n) is 2.37. The van der Waals surface area contributed by atoms with Crippen LogP contribution in [0.15, 0.2) is 41.8 Å². The van der Waals surface area contributed by atoms with E-state index >= 15 is 0 Å². The molecule has 23 heavy (non-hydrogen) atoms. The lowest BCUT2D eigenvalue weighted by Gasteiger charge is -2.11. The molecule has 0 radical (unpaired) electrons. The number of aldehydes is 1. The molecule has 0 saturated heterocycles. The molecule has 0 bridgehead atoms. The van der Waals surface area contributed by atoms with Gasteiger partial charge < -0.3 is 11.2 Å². The highest BCUT2D eigenvalue weighted by molar-refractivity contribution is 6.08. The molecule has 0 unspecified atom stereocenters. The van der Waals surface area contributed by atoms with Crippen molar-refractivity contribution >= 4 is 12.0 Å². The van der Waals surface area contributed by atoms with E-state index < -0.39 is 0 Å². The molecule has 1 aromatic carbocycles. The van der Waals surface area contributed by atoms with Crippen LogP contribution in [0.25, 0.3) is 11.1 Å². The molecule has 0 aliphatic heterocycles. The average molecular weight is 310 g/mol. The number of hydrogen-bond donors (Lipinski definition) is 2. The van der Waals surface area contributed by atoms with Gasteiger partial charge in [0.25, 0.3) is 0 Å². The van der Waals surface area contributed by atoms with Gasteiger partial charge in [-0.1, -0.05) is 26.0 Å². The summed E-state index contributed by atoms with van der Waals surface area (Å²) in [7, 11) is 1.70. The average Bonchev–Trinajstić information content (AvgIpc) is 2.59. The van der Waals surface area contributed by atoms with Crippen LogP contribution in [0.3, 0.4) is 0 Å². The quantitative estimate of drug-likeness (QED) is 0.488. The number of nitrogens with two attached hydrogens (primary N) is 1. The van der Waals surface area contributed by atoms with Crippen LogP contribution in [0.1, 0.15) is 41.3 Å². The van der Waals surface area contributed by atoms with Crippen molar-refractivity contribution in [3.05, 3.63) is 53.3 Å².